The first-order valence-electron chi connectivity index (χ1n) is 10.3. The lowest BCUT2D eigenvalue weighted by Crippen LogP contribution is -2.47. The summed E-state index contributed by atoms with van der Waals surface area (Å²) in [6.07, 6.45) is 5.77. The lowest BCUT2D eigenvalue weighted by Gasteiger charge is -2.37. The van der Waals surface area contributed by atoms with Gasteiger partial charge in [-0.05, 0) is 55.5 Å². The Bertz CT molecular complexity index is 990. The van der Waals surface area contributed by atoms with Crippen LogP contribution in [0.1, 0.15) is 36.0 Å². The fourth-order valence-corrected chi connectivity index (χ4v) is 5.67. The van der Waals surface area contributed by atoms with E-state index in [1.54, 1.807) is 12.1 Å². The first-order valence-corrected chi connectivity index (χ1v) is 11.1. The van der Waals surface area contributed by atoms with Crippen molar-refractivity contribution in [1.29, 1.82) is 0 Å². The average molecular weight is 397 g/mol. The molecular weight excluding hydrogens is 371 g/mol. The molecule has 146 valence electrons. The van der Waals surface area contributed by atoms with Gasteiger partial charge in [-0.2, -0.15) is 0 Å². The van der Waals surface area contributed by atoms with Gasteiger partial charge in [-0.25, -0.2) is 14.4 Å². The second kappa shape index (κ2) is 7.32. The largest absolute Gasteiger partial charge is 0.368 e. The van der Waals surface area contributed by atoms with Crippen molar-refractivity contribution in [3.05, 3.63) is 46.3 Å². The molecule has 1 aliphatic heterocycles. The summed E-state index contributed by atoms with van der Waals surface area (Å²) < 4.78 is 13.2. The number of aromatic nitrogens is 2. The first-order chi connectivity index (χ1) is 13.7. The van der Waals surface area contributed by atoms with E-state index in [4.69, 9.17) is 9.97 Å². The van der Waals surface area contributed by atoms with E-state index in [1.807, 2.05) is 23.5 Å². The number of fused-ring (bicyclic) bond motifs is 3. The summed E-state index contributed by atoms with van der Waals surface area (Å²) in [5.41, 5.74) is 2.60. The number of benzene rings is 1. The number of aryl methyl sites for hydroxylation is 3. The number of thiophene rings is 1. The second-order valence-electron chi connectivity index (χ2n) is 7.66. The van der Waals surface area contributed by atoms with E-state index in [0.29, 0.717) is 0 Å². The molecule has 4 nitrogen and oxygen atoms in total. The predicted molar refractivity (Wildman–Crippen MR) is 114 cm³/mol. The molecule has 1 saturated heterocycles. The van der Waals surface area contributed by atoms with E-state index in [0.717, 1.165) is 56.4 Å². The van der Waals surface area contributed by atoms with Gasteiger partial charge in [0.05, 0.1) is 5.39 Å². The van der Waals surface area contributed by atoms with Gasteiger partial charge < -0.3 is 9.80 Å². The molecule has 3 heterocycles. The van der Waals surface area contributed by atoms with Gasteiger partial charge in [-0.15, -0.1) is 11.3 Å². The number of hydrogen-bond donors (Lipinski definition) is 0. The van der Waals surface area contributed by atoms with Crippen LogP contribution in [0, 0.1) is 5.82 Å². The van der Waals surface area contributed by atoms with Gasteiger partial charge in [0.15, 0.2) is 0 Å². The number of piperazine rings is 1. The number of nitrogens with zero attached hydrogens (tertiary/aromatic N) is 4. The van der Waals surface area contributed by atoms with Crippen LogP contribution in [-0.4, -0.2) is 36.1 Å². The smallest absolute Gasteiger partial charge is 0.141 e. The summed E-state index contributed by atoms with van der Waals surface area (Å²) >= 11 is 1.88. The summed E-state index contributed by atoms with van der Waals surface area (Å²) in [6, 6.07) is 6.83. The Morgan fingerprint density at radius 2 is 1.68 bits per heavy atom. The Balaban J connectivity index is 1.46. The van der Waals surface area contributed by atoms with Crippen molar-refractivity contribution in [2.24, 2.45) is 0 Å². The maximum Gasteiger partial charge on any atom is 0.141 e. The molecule has 2 aliphatic rings. The van der Waals surface area contributed by atoms with Crippen LogP contribution in [0.5, 0.6) is 0 Å². The predicted octanol–water partition coefficient (Wildman–Crippen LogP) is 4.60. The molecule has 0 radical (unpaired) electrons. The summed E-state index contributed by atoms with van der Waals surface area (Å²) in [6.45, 7) is 5.83. The highest BCUT2D eigenvalue weighted by Crippen LogP contribution is 2.40. The van der Waals surface area contributed by atoms with E-state index in [9.17, 15) is 4.39 Å². The maximum atomic E-state index is 13.2. The normalized spacial score (nSPS) is 17.2. The van der Waals surface area contributed by atoms with Gasteiger partial charge in [-0.1, -0.05) is 6.92 Å². The number of anilines is 2. The number of halogens is 1. The van der Waals surface area contributed by atoms with E-state index >= 15 is 0 Å². The van der Waals surface area contributed by atoms with Gasteiger partial charge in [0.25, 0.3) is 0 Å². The Morgan fingerprint density at radius 3 is 2.43 bits per heavy atom. The van der Waals surface area contributed by atoms with Crippen molar-refractivity contribution in [3.8, 4) is 0 Å². The lowest BCUT2D eigenvalue weighted by molar-refractivity contribution is 0.624. The summed E-state index contributed by atoms with van der Waals surface area (Å²) in [5, 5.41) is 1.31. The molecule has 0 saturated carbocycles. The quantitative estimate of drug-likeness (QED) is 0.648. The monoisotopic (exact) mass is 396 g/mol. The lowest BCUT2D eigenvalue weighted by atomic mass is 9.97. The number of hydrogen-bond acceptors (Lipinski definition) is 5. The van der Waals surface area contributed by atoms with Crippen molar-refractivity contribution in [3.63, 3.8) is 0 Å². The SMILES string of the molecule is CCc1nc(N2CCN(c3ccc(F)cc3)CC2)c2c3c(sc2n1)CCCC3. The average Bonchev–Trinajstić information content (AvgIpc) is 3.12. The maximum absolute atomic E-state index is 13.2. The molecule has 1 aliphatic carbocycles. The minimum absolute atomic E-state index is 0.180. The third-order valence-corrected chi connectivity index (χ3v) is 7.11. The Labute approximate surface area is 169 Å². The molecule has 0 bridgehead atoms. The van der Waals surface area contributed by atoms with Crippen LogP contribution in [0.15, 0.2) is 24.3 Å². The topological polar surface area (TPSA) is 32.3 Å². The highest BCUT2D eigenvalue weighted by molar-refractivity contribution is 7.19. The highest BCUT2D eigenvalue weighted by atomic mass is 32.1. The van der Waals surface area contributed by atoms with Gasteiger partial charge in [-0.3, -0.25) is 0 Å². The zero-order chi connectivity index (χ0) is 19.1. The fourth-order valence-electron chi connectivity index (χ4n) is 4.40. The van der Waals surface area contributed by atoms with Crippen LogP contribution in [0.3, 0.4) is 0 Å². The van der Waals surface area contributed by atoms with Gasteiger partial charge >= 0.3 is 0 Å². The van der Waals surface area contributed by atoms with Crippen molar-refractivity contribution in [2.75, 3.05) is 36.0 Å². The van der Waals surface area contributed by atoms with Gasteiger partial charge in [0.1, 0.15) is 22.3 Å². The molecule has 6 heteroatoms. The molecule has 1 aromatic carbocycles. The zero-order valence-corrected chi connectivity index (χ0v) is 17.1. The summed E-state index contributed by atoms with van der Waals surface area (Å²) in [4.78, 5) is 17.3. The Morgan fingerprint density at radius 1 is 0.964 bits per heavy atom. The molecule has 5 rings (SSSR count). The minimum Gasteiger partial charge on any atom is -0.368 e. The third kappa shape index (κ3) is 3.13. The van der Waals surface area contributed by atoms with E-state index in [2.05, 4.69) is 16.7 Å². The van der Waals surface area contributed by atoms with Crippen LogP contribution >= 0.6 is 11.3 Å². The van der Waals surface area contributed by atoms with E-state index in [-0.39, 0.29) is 5.82 Å². The molecular formula is C22H25FN4S. The highest BCUT2D eigenvalue weighted by Gasteiger charge is 2.26. The fraction of sp³-hybridized carbons (Fsp3) is 0.455. The Hall–Kier alpha value is -2.21. The van der Waals surface area contributed by atoms with Crippen molar-refractivity contribution >= 4 is 33.1 Å². The summed E-state index contributed by atoms with van der Waals surface area (Å²) in [7, 11) is 0. The summed E-state index contributed by atoms with van der Waals surface area (Å²) in [5.74, 6) is 1.90. The van der Waals surface area contributed by atoms with Crippen molar-refractivity contribution in [2.45, 2.75) is 39.0 Å². The molecule has 0 amide bonds. The van der Waals surface area contributed by atoms with E-state index < -0.39 is 0 Å². The van der Waals surface area contributed by atoms with Crippen LogP contribution in [0.4, 0.5) is 15.9 Å². The molecule has 0 atom stereocenters. The van der Waals surface area contributed by atoms with Crippen molar-refractivity contribution in [1.82, 2.24) is 9.97 Å². The van der Waals surface area contributed by atoms with Crippen molar-refractivity contribution < 1.29 is 4.39 Å². The first kappa shape index (κ1) is 17.9. The van der Waals surface area contributed by atoms with Crippen LogP contribution in [-0.2, 0) is 19.3 Å². The zero-order valence-electron chi connectivity index (χ0n) is 16.2. The molecule has 0 N–H and O–H groups in total. The third-order valence-electron chi connectivity index (χ3n) is 5.93. The van der Waals surface area contributed by atoms with Crippen LogP contribution in [0.2, 0.25) is 0 Å². The molecule has 28 heavy (non-hydrogen) atoms. The molecule has 0 unspecified atom stereocenters. The van der Waals surface area contributed by atoms with Crippen LogP contribution in [0.25, 0.3) is 10.2 Å². The molecule has 0 spiro atoms. The van der Waals surface area contributed by atoms with Gasteiger partial charge in [0, 0.05) is 43.2 Å². The second-order valence-corrected chi connectivity index (χ2v) is 8.74. The molecule has 2 aromatic heterocycles. The Kier molecular flexibility index (Phi) is 4.67. The van der Waals surface area contributed by atoms with Crippen LogP contribution < -0.4 is 9.80 Å². The molecule has 1 fully saturated rings. The standard InChI is InChI=1S/C22H25FN4S/c1-2-19-24-21(20-17-5-3-4-6-18(17)28-22(20)25-19)27-13-11-26(12-14-27)16-9-7-15(23)8-10-16/h7-10H,2-6,11-14H2,1H3. The minimum atomic E-state index is -0.180. The van der Waals surface area contributed by atoms with E-state index in [1.165, 1.54) is 39.9 Å². The number of rotatable bonds is 3. The molecule has 3 aromatic rings. The van der Waals surface area contributed by atoms with Gasteiger partial charge in [0.2, 0.25) is 0 Å².